The van der Waals surface area contributed by atoms with E-state index in [1.165, 1.54) is 23.8 Å². The third-order valence-corrected chi connectivity index (χ3v) is 9.78. The largest absolute Gasteiger partial charge is 0.494 e. The second-order valence-electron chi connectivity index (χ2n) is 11.2. The summed E-state index contributed by atoms with van der Waals surface area (Å²) in [6.07, 6.45) is 8.87. The molecule has 184 valence electrons. The summed E-state index contributed by atoms with van der Waals surface area (Å²) in [6, 6.07) is 5.43. The molecule has 0 radical (unpaired) electrons. The number of carbonyl (C=O) groups is 1. The zero-order valence-electron chi connectivity index (χ0n) is 21.0. The van der Waals surface area contributed by atoms with Crippen molar-refractivity contribution in [1.29, 1.82) is 0 Å². The molecule has 1 aliphatic heterocycles. The Labute approximate surface area is 207 Å². The highest BCUT2D eigenvalue weighted by atomic mass is 19.1. The van der Waals surface area contributed by atoms with Crippen LogP contribution in [-0.4, -0.2) is 24.3 Å². The molecular formula is C30H34FNO3. The molecule has 1 spiro atoms. The van der Waals surface area contributed by atoms with Crippen LogP contribution in [0.1, 0.15) is 76.7 Å². The van der Waals surface area contributed by atoms with Crippen molar-refractivity contribution in [3.8, 4) is 5.75 Å². The molecule has 5 aliphatic rings. The van der Waals surface area contributed by atoms with Gasteiger partial charge in [0.1, 0.15) is 11.3 Å². The maximum Gasteiger partial charge on any atom is 0.190 e. The predicted octanol–water partition coefficient (Wildman–Crippen LogP) is 6.83. The number of aliphatic imine (C=N–C) groups is 1. The molecule has 2 saturated carbocycles. The maximum atomic E-state index is 15.0. The summed E-state index contributed by atoms with van der Waals surface area (Å²) in [5, 5.41) is 0. The van der Waals surface area contributed by atoms with Crippen LogP contribution in [0.3, 0.4) is 0 Å². The predicted molar refractivity (Wildman–Crippen MR) is 134 cm³/mol. The molecule has 1 aromatic rings. The summed E-state index contributed by atoms with van der Waals surface area (Å²) in [4.78, 5) is 17.4. The zero-order chi connectivity index (χ0) is 24.5. The Morgan fingerprint density at radius 2 is 2.09 bits per heavy atom. The summed E-state index contributed by atoms with van der Waals surface area (Å²) >= 11 is 0. The van der Waals surface area contributed by atoms with Crippen molar-refractivity contribution in [1.82, 2.24) is 0 Å². The first-order valence-corrected chi connectivity index (χ1v) is 13.1. The minimum Gasteiger partial charge on any atom is -0.494 e. The quantitative estimate of drug-likeness (QED) is 0.482. The molecule has 5 heteroatoms. The number of benzene rings is 1. The lowest BCUT2D eigenvalue weighted by Crippen LogP contribution is -2.50. The fourth-order valence-electron chi connectivity index (χ4n) is 8.18. The molecule has 6 rings (SSSR count). The van der Waals surface area contributed by atoms with Gasteiger partial charge >= 0.3 is 0 Å². The molecule has 4 nitrogen and oxygen atoms in total. The number of ketones is 1. The Morgan fingerprint density at radius 3 is 2.80 bits per heavy atom. The van der Waals surface area contributed by atoms with Crippen LogP contribution in [0.4, 0.5) is 4.39 Å². The first-order chi connectivity index (χ1) is 16.8. The summed E-state index contributed by atoms with van der Waals surface area (Å²) in [7, 11) is 1.50. The monoisotopic (exact) mass is 475 g/mol. The second kappa shape index (κ2) is 7.91. The van der Waals surface area contributed by atoms with Crippen LogP contribution in [0.2, 0.25) is 0 Å². The molecule has 0 unspecified atom stereocenters. The Kier molecular flexibility index (Phi) is 5.14. The number of carbonyl (C=O) groups excluding carboxylic acids is 1. The van der Waals surface area contributed by atoms with Gasteiger partial charge in [-0.1, -0.05) is 32.1 Å². The number of hydrogen-bond donors (Lipinski definition) is 0. The molecule has 1 aromatic carbocycles. The van der Waals surface area contributed by atoms with Crippen LogP contribution in [0.25, 0.3) is 0 Å². The van der Waals surface area contributed by atoms with Crippen LogP contribution >= 0.6 is 0 Å². The average molecular weight is 476 g/mol. The molecule has 35 heavy (non-hydrogen) atoms. The van der Waals surface area contributed by atoms with Gasteiger partial charge in [-0.2, -0.15) is 0 Å². The molecule has 2 fully saturated rings. The number of nitrogens with zero attached hydrogens (tertiary/aromatic N) is 1. The first-order valence-electron chi connectivity index (χ1n) is 13.1. The highest BCUT2D eigenvalue weighted by Crippen LogP contribution is 2.69. The van der Waals surface area contributed by atoms with Gasteiger partial charge in [-0.25, -0.2) is 9.38 Å². The van der Waals surface area contributed by atoms with Gasteiger partial charge in [0.05, 0.1) is 7.11 Å². The van der Waals surface area contributed by atoms with Gasteiger partial charge in [0.25, 0.3) is 0 Å². The summed E-state index contributed by atoms with van der Waals surface area (Å²) in [5.74, 6) is 2.67. The lowest BCUT2D eigenvalue weighted by Gasteiger charge is -2.54. The Bertz CT molecular complexity index is 1230. The van der Waals surface area contributed by atoms with Crippen LogP contribution in [0.15, 0.2) is 58.3 Å². The number of hydrogen-bond acceptors (Lipinski definition) is 4. The van der Waals surface area contributed by atoms with Crippen LogP contribution in [0.5, 0.6) is 5.75 Å². The van der Waals surface area contributed by atoms with Crippen molar-refractivity contribution in [2.24, 2.45) is 22.2 Å². The molecule has 0 saturated heterocycles. The zero-order valence-corrected chi connectivity index (χ0v) is 21.0. The normalized spacial score (nSPS) is 35.8. The number of rotatable bonds is 3. The number of methoxy groups -OCH3 is 1. The smallest absolute Gasteiger partial charge is 0.190 e. The van der Waals surface area contributed by atoms with Crippen molar-refractivity contribution in [3.05, 3.63) is 64.7 Å². The van der Waals surface area contributed by atoms with Gasteiger partial charge in [-0.05, 0) is 85.3 Å². The highest BCUT2D eigenvalue weighted by molar-refractivity contribution is 5.93. The van der Waals surface area contributed by atoms with E-state index in [1.54, 1.807) is 12.1 Å². The summed E-state index contributed by atoms with van der Waals surface area (Å²) in [6.45, 7) is 8.82. The van der Waals surface area contributed by atoms with Gasteiger partial charge in [-0.3, -0.25) is 4.79 Å². The minimum atomic E-state index is -0.416. The Balaban J connectivity index is 1.54. The van der Waals surface area contributed by atoms with Gasteiger partial charge in [0, 0.05) is 24.2 Å². The van der Waals surface area contributed by atoms with Crippen molar-refractivity contribution < 1.29 is 18.7 Å². The molecule has 5 atom stereocenters. The van der Waals surface area contributed by atoms with E-state index < -0.39 is 5.54 Å². The van der Waals surface area contributed by atoms with E-state index in [2.05, 4.69) is 20.4 Å². The molecular weight excluding hydrogens is 441 g/mol. The lowest BCUT2D eigenvalue weighted by molar-refractivity contribution is -0.114. The summed E-state index contributed by atoms with van der Waals surface area (Å²) < 4.78 is 26.3. The van der Waals surface area contributed by atoms with Crippen LogP contribution in [0, 0.1) is 23.1 Å². The Morgan fingerprint density at radius 1 is 1.26 bits per heavy atom. The molecule has 1 heterocycles. The third-order valence-electron chi connectivity index (χ3n) is 9.78. The van der Waals surface area contributed by atoms with Gasteiger partial charge in [0.15, 0.2) is 23.2 Å². The van der Waals surface area contributed by atoms with E-state index in [1.807, 2.05) is 12.1 Å². The maximum absolute atomic E-state index is 15.0. The van der Waals surface area contributed by atoms with Crippen molar-refractivity contribution in [3.63, 3.8) is 0 Å². The van der Waals surface area contributed by atoms with Crippen molar-refractivity contribution in [2.45, 2.75) is 76.7 Å². The first kappa shape index (κ1) is 22.8. The van der Waals surface area contributed by atoms with Crippen LogP contribution in [-0.2, 0) is 9.53 Å². The SMILES string of the molecule is C=C1OC(CC)=N[C@]12CC[C@H]1[C@@H]3CCC4=CC(=O)CCC4=C3[C@@H](c3ccc(OC)c(F)c3)C[C@@]12C. The van der Waals surface area contributed by atoms with E-state index in [0.717, 1.165) is 62.2 Å². The van der Waals surface area contributed by atoms with Gasteiger partial charge < -0.3 is 9.47 Å². The topological polar surface area (TPSA) is 47.9 Å². The summed E-state index contributed by atoms with van der Waals surface area (Å²) in [5.41, 5.74) is 4.46. The third kappa shape index (κ3) is 3.09. The van der Waals surface area contributed by atoms with Gasteiger partial charge in [0.2, 0.25) is 0 Å². The molecule has 0 aromatic heterocycles. The Hall–Kier alpha value is -2.69. The van der Waals surface area contributed by atoms with Crippen molar-refractivity contribution >= 4 is 11.7 Å². The number of fused-ring (bicyclic) bond motifs is 5. The van der Waals surface area contributed by atoms with E-state index in [9.17, 15) is 9.18 Å². The molecule has 0 N–H and O–H groups in total. The van der Waals surface area contributed by atoms with Gasteiger partial charge in [-0.15, -0.1) is 0 Å². The van der Waals surface area contributed by atoms with E-state index in [0.29, 0.717) is 18.3 Å². The second-order valence-corrected chi connectivity index (χ2v) is 11.2. The number of ether oxygens (including phenoxy) is 2. The molecule has 4 aliphatic carbocycles. The number of allylic oxidation sites excluding steroid dienone is 4. The van der Waals surface area contributed by atoms with E-state index in [-0.39, 0.29) is 28.7 Å². The standard InChI is InChI=1S/C30H34FNO3/c1-5-27-32-30(17(2)35-27)13-12-24-22-9-6-18-14-20(33)8-10-21(18)28(22)23(16-29(24,30)3)19-7-11-26(34-4)25(31)15-19/h7,11,14-15,22-24H,2,5-6,8-10,12-13,16H2,1,3-4H3/t22-,23+,24-,29-,30+/m0/s1. The van der Waals surface area contributed by atoms with E-state index >= 15 is 0 Å². The van der Waals surface area contributed by atoms with Crippen molar-refractivity contribution in [2.75, 3.05) is 7.11 Å². The molecule has 0 bridgehead atoms. The lowest BCUT2D eigenvalue weighted by atomic mass is 9.50. The fraction of sp³-hybridized carbons (Fsp3) is 0.533. The fourth-order valence-corrected chi connectivity index (χ4v) is 8.18. The van der Waals surface area contributed by atoms with Crippen LogP contribution < -0.4 is 4.74 Å². The highest BCUT2D eigenvalue weighted by Gasteiger charge is 2.66. The average Bonchev–Trinajstić information content (AvgIpc) is 3.34. The van der Waals surface area contributed by atoms with E-state index in [4.69, 9.17) is 14.5 Å². The number of halogens is 1. The minimum absolute atomic E-state index is 0.0669. The molecule has 0 amide bonds.